The molecule has 1 aliphatic heterocycles. The Kier molecular flexibility index (Phi) is 7.77. The minimum absolute atomic E-state index is 0.000531. The van der Waals surface area contributed by atoms with Gasteiger partial charge in [-0.15, -0.1) is 0 Å². The molecule has 0 unspecified atom stereocenters. The van der Waals surface area contributed by atoms with Crippen LogP contribution in [0, 0.1) is 11.3 Å². The molecule has 2 heterocycles. The first-order valence-electron chi connectivity index (χ1n) is 11.6. The lowest BCUT2D eigenvalue weighted by molar-refractivity contribution is -0.140. The molecule has 0 radical (unpaired) electrons. The van der Waals surface area contributed by atoms with Gasteiger partial charge >= 0.3 is 5.97 Å². The maximum absolute atomic E-state index is 13.0. The number of nitriles is 1. The summed E-state index contributed by atoms with van der Waals surface area (Å²) in [4.78, 5) is 39.1. The molecule has 4 rings (SSSR count). The van der Waals surface area contributed by atoms with Gasteiger partial charge in [0.25, 0.3) is 11.8 Å². The van der Waals surface area contributed by atoms with Crippen LogP contribution in [0.5, 0.6) is 0 Å². The molecule has 0 atom stereocenters. The van der Waals surface area contributed by atoms with Crippen LogP contribution < -0.4 is 0 Å². The molecule has 0 bridgehead atoms. The number of aliphatic hydroxyl groups is 1. The first kappa shape index (κ1) is 25.4. The highest BCUT2D eigenvalue weighted by Crippen LogP contribution is 2.29. The maximum Gasteiger partial charge on any atom is 0.338 e. The fourth-order valence-electron chi connectivity index (χ4n) is 3.90. The van der Waals surface area contributed by atoms with E-state index in [1.54, 1.807) is 36.4 Å². The van der Waals surface area contributed by atoms with Crippen LogP contribution in [0.4, 0.5) is 0 Å². The monoisotopic (exact) mass is 496 g/mol. The second kappa shape index (κ2) is 11.3. The summed E-state index contributed by atoms with van der Waals surface area (Å²) in [6.45, 7) is 1.51. The minimum atomic E-state index is -0.674. The molecule has 186 valence electrons. The number of carbonyl (C=O) groups excluding carboxylic acids is 3. The molecule has 1 aliphatic rings. The number of nitrogens with zero attached hydrogens (tertiary/aromatic N) is 2. The zero-order valence-electron chi connectivity index (χ0n) is 20.1. The van der Waals surface area contributed by atoms with Gasteiger partial charge in [-0.05, 0) is 54.8 Å². The fourth-order valence-corrected chi connectivity index (χ4v) is 3.90. The van der Waals surface area contributed by atoms with Crippen LogP contribution in [-0.2, 0) is 20.9 Å². The Labute approximate surface area is 213 Å². The van der Waals surface area contributed by atoms with E-state index in [-0.39, 0.29) is 42.9 Å². The van der Waals surface area contributed by atoms with Crippen LogP contribution in [0.3, 0.4) is 0 Å². The van der Waals surface area contributed by atoms with Gasteiger partial charge in [0, 0.05) is 24.3 Å². The second-order valence-corrected chi connectivity index (χ2v) is 8.35. The van der Waals surface area contributed by atoms with Crippen LogP contribution in [0.25, 0.3) is 17.4 Å². The number of imide groups is 1. The molecule has 2 aromatic carbocycles. The predicted molar refractivity (Wildman–Crippen MR) is 134 cm³/mol. The first-order chi connectivity index (χ1) is 17.9. The van der Waals surface area contributed by atoms with Crippen molar-refractivity contribution in [3.05, 3.63) is 100 Å². The molecule has 3 aromatic rings. The van der Waals surface area contributed by atoms with Crippen LogP contribution in [0.1, 0.15) is 35.0 Å². The standard InChI is InChI=1S/C29H24N2O6/c1-19-24(27(33)31(13-6-14-32)28(34)25(19)17-30)16-23-11-12-26(37-23)21-9-5-10-22(15-21)29(35)36-18-20-7-3-2-4-8-20/h2-5,7-12,15-16,32H,6,13-14,18H2,1H3/b24-16+. The number of aliphatic hydroxyl groups excluding tert-OH is 1. The molecule has 0 aliphatic carbocycles. The number of hydrogen-bond acceptors (Lipinski definition) is 7. The van der Waals surface area contributed by atoms with E-state index in [2.05, 4.69) is 0 Å². The number of hydrogen-bond donors (Lipinski definition) is 1. The van der Waals surface area contributed by atoms with Gasteiger partial charge in [0.05, 0.1) is 5.56 Å². The summed E-state index contributed by atoms with van der Waals surface area (Å²) < 4.78 is 11.3. The summed E-state index contributed by atoms with van der Waals surface area (Å²) in [5, 5.41) is 18.6. The summed E-state index contributed by atoms with van der Waals surface area (Å²) in [6.07, 6.45) is 1.69. The number of esters is 1. The molecule has 0 spiro atoms. The van der Waals surface area contributed by atoms with E-state index in [9.17, 15) is 19.6 Å². The van der Waals surface area contributed by atoms with Gasteiger partial charge in [0.2, 0.25) is 0 Å². The largest absolute Gasteiger partial charge is 0.457 e. The van der Waals surface area contributed by atoms with Crippen molar-refractivity contribution in [2.24, 2.45) is 0 Å². The van der Waals surface area contributed by atoms with Crippen molar-refractivity contribution in [2.45, 2.75) is 20.0 Å². The average Bonchev–Trinajstić information content (AvgIpc) is 3.39. The highest BCUT2D eigenvalue weighted by molar-refractivity contribution is 6.19. The Bertz CT molecular complexity index is 1440. The molecule has 0 saturated carbocycles. The van der Waals surface area contributed by atoms with E-state index >= 15 is 0 Å². The van der Waals surface area contributed by atoms with E-state index in [0.29, 0.717) is 22.6 Å². The summed E-state index contributed by atoms with van der Waals surface area (Å²) >= 11 is 0. The molecule has 0 fully saturated rings. The van der Waals surface area contributed by atoms with Gasteiger partial charge < -0.3 is 14.3 Å². The third-order valence-corrected chi connectivity index (χ3v) is 5.87. The maximum atomic E-state index is 13.0. The number of rotatable bonds is 8. The smallest absolute Gasteiger partial charge is 0.338 e. The molecule has 2 amide bonds. The SMILES string of the molecule is CC1=C(C#N)C(=O)N(CCCO)C(=O)/C1=C/c1ccc(-c2cccc(C(=O)OCc3ccccc3)c2)o1. The van der Waals surface area contributed by atoms with Crippen molar-refractivity contribution in [1.82, 2.24) is 4.90 Å². The molecule has 8 nitrogen and oxygen atoms in total. The Hall–Kier alpha value is -4.74. The van der Waals surface area contributed by atoms with E-state index < -0.39 is 17.8 Å². The Morgan fingerprint density at radius 2 is 1.86 bits per heavy atom. The van der Waals surface area contributed by atoms with Gasteiger partial charge in [-0.2, -0.15) is 5.26 Å². The minimum Gasteiger partial charge on any atom is -0.457 e. The lowest BCUT2D eigenvalue weighted by Gasteiger charge is -2.27. The molecular weight excluding hydrogens is 472 g/mol. The zero-order chi connectivity index (χ0) is 26.4. The number of benzene rings is 2. The molecular formula is C29H24N2O6. The van der Waals surface area contributed by atoms with Crippen molar-refractivity contribution in [3.63, 3.8) is 0 Å². The summed E-state index contributed by atoms with van der Waals surface area (Å²) in [5.41, 5.74) is 2.18. The normalized spacial score (nSPS) is 14.7. The van der Waals surface area contributed by atoms with Crippen molar-refractivity contribution in [1.29, 1.82) is 5.26 Å². The zero-order valence-corrected chi connectivity index (χ0v) is 20.1. The van der Waals surface area contributed by atoms with Gasteiger partial charge in [-0.25, -0.2) is 4.79 Å². The first-order valence-corrected chi connectivity index (χ1v) is 11.6. The van der Waals surface area contributed by atoms with Gasteiger partial charge in [0.15, 0.2) is 0 Å². The number of ether oxygens (including phenoxy) is 1. The highest BCUT2D eigenvalue weighted by Gasteiger charge is 2.35. The Morgan fingerprint density at radius 1 is 1.08 bits per heavy atom. The topological polar surface area (TPSA) is 121 Å². The molecule has 37 heavy (non-hydrogen) atoms. The highest BCUT2D eigenvalue weighted by atomic mass is 16.5. The van der Waals surface area contributed by atoms with Gasteiger partial charge in [-0.1, -0.05) is 42.5 Å². The van der Waals surface area contributed by atoms with E-state index in [4.69, 9.17) is 14.3 Å². The molecule has 1 aromatic heterocycles. The average molecular weight is 497 g/mol. The Morgan fingerprint density at radius 3 is 2.59 bits per heavy atom. The second-order valence-electron chi connectivity index (χ2n) is 8.35. The van der Waals surface area contributed by atoms with Crippen LogP contribution in [0.2, 0.25) is 0 Å². The number of amides is 2. The van der Waals surface area contributed by atoms with Crippen molar-refractivity contribution >= 4 is 23.9 Å². The van der Waals surface area contributed by atoms with Crippen LogP contribution in [0.15, 0.2) is 87.9 Å². The van der Waals surface area contributed by atoms with Crippen molar-refractivity contribution in [2.75, 3.05) is 13.2 Å². The Balaban J connectivity index is 1.56. The fraction of sp³-hybridized carbons (Fsp3) is 0.172. The third kappa shape index (κ3) is 5.58. The van der Waals surface area contributed by atoms with Crippen molar-refractivity contribution < 1.29 is 28.6 Å². The van der Waals surface area contributed by atoms with E-state index in [1.165, 1.54) is 13.0 Å². The predicted octanol–water partition coefficient (Wildman–Crippen LogP) is 4.28. The molecule has 0 saturated heterocycles. The summed E-state index contributed by atoms with van der Waals surface area (Å²) in [7, 11) is 0. The summed E-state index contributed by atoms with van der Waals surface area (Å²) in [5.74, 6) is -0.903. The van der Waals surface area contributed by atoms with Gasteiger partial charge in [0.1, 0.15) is 29.8 Å². The number of furan rings is 1. The molecule has 1 N–H and O–H groups in total. The summed E-state index contributed by atoms with van der Waals surface area (Å²) in [6, 6.07) is 21.4. The molecule has 8 heteroatoms. The van der Waals surface area contributed by atoms with Gasteiger partial charge in [-0.3, -0.25) is 14.5 Å². The quantitative estimate of drug-likeness (QED) is 0.281. The lowest BCUT2D eigenvalue weighted by atomic mass is 9.94. The van der Waals surface area contributed by atoms with Crippen LogP contribution in [-0.4, -0.2) is 40.9 Å². The number of carbonyl (C=O) groups is 3. The van der Waals surface area contributed by atoms with E-state index in [1.807, 2.05) is 36.4 Å². The van der Waals surface area contributed by atoms with Crippen molar-refractivity contribution in [3.8, 4) is 17.4 Å². The van der Waals surface area contributed by atoms with Crippen LogP contribution >= 0.6 is 0 Å². The lowest BCUT2D eigenvalue weighted by Crippen LogP contribution is -2.43. The van der Waals surface area contributed by atoms with E-state index in [0.717, 1.165) is 10.5 Å². The third-order valence-electron chi connectivity index (χ3n) is 5.87.